The molecule has 0 radical (unpaired) electrons. The van der Waals surface area contributed by atoms with Gasteiger partial charge in [-0.15, -0.1) is 0 Å². The van der Waals surface area contributed by atoms with Crippen LogP contribution in [0.3, 0.4) is 0 Å². The van der Waals surface area contributed by atoms with Crippen LogP contribution in [0.1, 0.15) is 24.3 Å². The Kier molecular flexibility index (Phi) is 3.98. The molecule has 2 N–H and O–H groups in total. The van der Waals surface area contributed by atoms with E-state index in [1.54, 1.807) is 12.3 Å². The maximum atomic E-state index is 11.7. The van der Waals surface area contributed by atoms with Crippen LogP contribution in [0.4, 0.5) is 0 Å². The lowest BCUT2D eigenvalue weighted by Crippen LogP contribution is -2.54. The summed E-state index contributed by atoms with van der Waals surface area (Å²) in [5.41, 5.74) is 0.535. The highest BCUT2D eigenvalue weighted by atomic mass is 16.5. The van der Waals surface area contributed by atoms with Crippen LogP contribution >= 0.6 is 0 Å². The van der Waals surface area contributed by atoms with Gasteiger partial charge in [0.15, 0.2) is 0 Å². The van der Waals surface area contributed by atoms with Crippen LogP contribution in [-0.2, 0) is 4.74 Å². The number of rotatable bonds is 4. The summed E-state index contributed by atoms with van der Waals surface area (Å²) < 4.78 is 5.46. The summed E-state index contributed by atoms with van der Waals surface area (Å²) in [6.45, 7) is 8.18. The highest BCUT2D eigenvalue weighted by molar-refractivity contribution is 5.92. The third kappa shape index (κ3) is 3.08. The van der Waals surface area contributed by atoms with E-state index in [0.29, 0.717) is 12.2 Å². The van der Waals surface area contributed by atoms with Crippen LogP contribution < -0.4 is 5.32 Å². The highest BCUT2D eigenvalue weighted by Gasteiger charge is 2.29. The van der Waals surface area contributed by atoms with Crippen molar-refractivity contribution >= 4 is 5.91 Å². The molecule has 1 saturated heterocycles. The van der Waals surface area contributed by atoms with E-state index in [4.69, 9.17) is 4.74 Å². The maximum absolute atomic E-state index is 11.7. The zero-order valence-corrected chi connectivity index (χ0v) is 10.9. The van der Waals surface area contributed by atoms with Crippen molar-refractivity contribution in [3.8, 4) is 0 Å². The number of hydrogen-bond acceptors (Lipinski definition) is 4. The van der Waals surface area contributed by atoms with E-state index in [9.17, 15) is 4.79 Å². The first-order valence-corrected chi connectivity index (χ1v) is 6.20. The number of nitrogens with zero attached hydrogens (tertiary/aromatic N) is 2. The molecular formula is C12H20N4O2. The molecule has 0 aliphatic carbocycles. The Morgan fingerprint density at radius 3 is 3.17 bits per heavy atom. The van der Waals surface area contributed by atoms with Crippen molar-refractivity contribution in [1.29, 1.82) is 0 Å². The molecule has 6 heteroatoms. The number of nitrogens with one attached hydrogen (secondary N) is 2. The molecule has 2 rings (SSSR count). The molecule has 1 aliphatic heterocycles. The van der Waals surface area contributed by atoms with E-state index >= 15 is 0 Å². The highest BCUT2D eigenvalue weighted by Crippen LogP contribution is 2.17. The third-order valence-corrected chi connectivity index (χ3v) is 3.23. The van der Waals surface area contributed by atoms with Crippen LogP contribution in [0.15, 0.2) is 12.3 Å². The van der Waals surface area contributed by atoms with Crippen LogP contribution in [0, 0.1) is 0 Å². The van der Waals surface area contributed by atoms with Gasteiger partial charge in [-0.3, -0.25) is 14.8 Å². The topological polar surface area (TPSA) is 70.2 Å². The molecule has 2 heterocycles. The Morgan fingerprint density at radius 2 is 2.50 bits per heavy atom. The Bertz CT molecular complexity index is 389. The van der Waals surface area contributed by atoms with E-state index in [-0.39, 0.29) is 11.4 Å². The smallest absolute Gasteiger partial charge is 0.269 e. The molecule has 100 valence electrons. The van der Waals surface area contributed by atoms with Crippen molar-refractivity contribution in [2.24, 2.45) is 0 Å². The van der Waals surface area contributed by atoms with Crippen LogP contribution in [0.5, 0.6) is 0 Å². The van der Waals surface area contributed by atoms with Gasteiger partial charge in [-0.05, 0) is 19.9 Å². The van der Waals surface area contributed by atoms with Crippen molar-refractivity contribution < 1.29 is 9.53 Å². The van der Waals surface area contributed by atoms with Gasteiger partial charge in [0.25, 0.3) is 5.91 Å². The zero-order valence-electron chi connectivity index (χ0n) is 10.9. The summed E-state index contributed by atoms with van der Waals surface area (Å²) >= 11 is 0. The summed E-state index contributed by atoms with van der Waals surface area (Å²) in [5.74, 6) is -0.112. The minimum absolute atomic E-state index is 0.0387. The number of aromatic amines is 1. The molecule has 0 unspecified atom stereocenters. The average Bonchev–Trinajstić information content (AvgIpc) is 2.84. The van der Waals surface area contributed by atoms with E-state index in [0.717, 1.165) is 26.3 Å². The van der Waals surface area contributed by atoms with E-state index < -0.39 is 0 Å². The van der Waals surface area contributed by atoms with Crippen molar-refractivity contribution in [3.63, 3.8) is 0 Å². The molecule has 1 aromatic heterocycles. The van der Waals surface area contributed by atoms with E-state index in [1.807, 2.05) is 0 Å². The first kappa shape index (κ1) is 13.0. The SMILES string of the molecule is CC1(C)COCCN1CCNC(=O)c1ccn[nH]1. The second kappa shape index (κ2) is 5.49. The van der Waals surface area contributed by atoms with E-state index in [2.05, 4.69) is 34.3 Å². The Morgan fingerprint density at radius 1 is 1.67 bits per heavy atom. The van der Waals surface area contributed by atoms with Gasteiger partial charge in [0.05, 0.1) is 13.2 Å². The predicted octanol–water partition coefficient (Wildman–Crippen LogP) is 0.250. The molecule has 18 heavy (non-hydrogen) atoms. The first-order valence-electron chi connectivity index (χ1n) is 6.20. The lowest BCUT2D eigenvalue weighted by molar-refractivity contribution is -0.0498. The second-order valence-corrected chi connectivity index (χ2v) is 5.08. The summed E-state index contributed by atoms with van der Waals surface area (Å²) in [5, 5.41) is 9.27. The number of ether oxygens (including phenoxy) is 1. The standard InChI is InChI=1S/C12H20N4O2/c1-12(2)9-18-8-7-16(12)6-5-13-11(17)10-3-4-14-15-10/h3-4H,5-9H2,1-2H3,(H,13,17)(H,14,15). The average molecular weight is 252 g/mol. The Hall–Kier alpha value is -1.40. The summed E-state index contributed by atoms with van der Waals surface area (Å²) in [6, 6.07) is 1.66. The molecule has 6 nitrogen and oxygen atoms in total. The van der Waals surface area contributed by atoms with Gasteiger partial charge in [-0.25, -0.2) is 0 Å². The Balaban J connectivity index is 1.76. The van der Waals surface area contributed by atoms with Gasteiger partial charge < -0.3 is 10.1 Å². The minimum atomic E-state index is -0.112. The summed E-state index contributed by atoms with van der Waals surface area (Å²) in [6.07, 6.45) is 1.57. The van der Waals surface area contributed by atoms with Crippen LogP contribution in [-0.4, -0.2) is 59.4 Å². The molecular weight excluding hydrogens is 232 g/mol. The predicted molar refractivity (Wildman–Crippen MR) is 67.4 cm³/mol. The molecule has 0 atom stereocenters. The minimum Gasteiger partial charge on any atom is -0.378 e. The number of aromatic nitrogens is 2. The maximum Gasteiger partial charge on any atom is 0.269 e. The third-order valence-electron chi connectivity index (χ3n) is 3.23. The number of carbonyl (C=O) groups excluding carboxylic acids is 1. The van der Waals surface area contributed by atoms with E-state index in [1.165, 1.54) is 0 Å². The summed E-state index contributed by atoms with van der Waals surface area (Å²) in [7, 11) is 0. The fourth-order valence-electron chi connectivity index (χ4n) is 2.09. The fraction of sp³-hybridized carbons (Fsp3) is 0.667. The van der Waals surface area contributed by atoms with Gasteiger partial charge >= 0.3 is 0 Å². The number of H-pyrrole nitrogens is 1. The normalized spacial score (nSPS) is 19.7. The van der Waals surface area contributed by atoms with Gasteiger partial charge in [0.1, 0.15) is 5.69 Å². The largest absolute Gasteiger partial charge is 0.378 e. The monoisotopic (exact) mass is 252 g/mol. The molecule has 1 aromatic rings. The van der Waals surface area contributed by atoms with Crippen molar-refractivity contribution in [2.45, 2.75) is 19.4 Å². The quantitative estimate of drug-likeness (QED) is 0.806. The number of hydrogen-bond donors (Lipinski definition) is 2. The fourth-order valence-corrected chi connectivity index (χ4v) is 2.09. The van der Waals surface area contributed by atoms with Crippen LogP contribution in [0.25, 0.3) is 0 Å². The lowest BCUT2D eigenvalue weighted by Gasteiger charge is -2.42. The summed E-state index contributed by atoms with van der Waals surface area (Å²) in [4.78, 5) is 14.0. The van der Waals surface area contributed by atoms with Crippen molar-refractivity contribution in [3.05, 3.63) is 18.0 Å². The number of morpholine rings is 1. The molecule has 0 aromatic carbocycles. The van der Waals surface area contributed by atoms with Crippen LogP contribution in [0.2, 0.25) is 0 Å². The number of amides is 1. The van der Waals surface area contributed by atoms with Crippen molar-refractivity contribution in [1.82, 2.24) is 20.4 Å². The van der Waals surface area contributed by atoms with Gasteiger partial charge in [0.2, 0.25) is 0 Å². The first-order chi connectivity index (χ1) is 8.59. The van der Waals surface area contributed by atoms with Crippen molar-refractivity contribution in [2.75, 3.05) is 32.8 Å². The number of carbonyl (C=O) groups is 1. The molecule has 1 fully saturated rings. The molecule has 1 aliphatic rings. The molecule has 0 saturated carbocycles. The lowest BCUT2D eigenvalue weighted by atomic mass is 10.0. The zero-order chi connectivity index (χ0) is 13.0. The van der Waals surface area contributed by atoms with Gasteiger partial charge in [-0.1, -0.05) is 0 Å². The molecule has 0 bridgehead atoms. The van der Waals surface area contributed by atoms with Gasteiger partial charge in [0, 0.05) is 31.4 Å². The van der Waals surface area contributed by atoms with Gasteiger partial charge in [-0.2, -0.15) is 5.10 Å². The molecule has 1 amide bonds. The Labute approximate surface area is 107 Å². The molecule has 0 spiro atoms. The second-order valence-electron chi connectivity index (χ2n) is 5.08.